The Morgan fingerprint density at radius 2 is 1.85 bits per heavy atom. The third kappa shape index (κ3) is 5.30. The number of carbonyl (C=O) groups excluding carboxylic acids is 2. The molecule has 8 heteroatoms. The molecule has 0 saturated heterocycles. The molecular weight excluding hydrogens is 340 g/mol. The van der Waals surface area contributed by atoms with Crippen LogP contribution in [0, 0.1) is 17.0 Å². The number of aryl methyl sites for hydroxylation is 1. The standard InChI is InChI=1S/C18H18N2O6/c1-12-3-6-14(10-16(12)20(23)24)19-17(21)11-26-18(22)9-13-4-7-15(25-2)8-5-13/h3-8,10H,9,11H2,1-2H3,(H,19,21). The molecule has 0 heterocycles. The summed E-state index contributed by atoms with van der Waals surface area (Å²) in [6.45, 7) is 1.13. The van der Waals surface area contributed by atoms with E-state index in [9.17, 15) is 19.7 Å². The molecule has 0 fully saturated rings. The maximum atomic E-state index is 11.8. The first kappa shape index (κ1) is 18.9. The van der Waals surface area contributed by atoms with E-state index in [2.05, 4.69) is 5.32 Å². The Hall–Kier alpha value is -3.42. The monoisotopic (exact) mass is 358 g/mol. The number of benzene rings is 2. The minimum atomic E-state index is -0.578. The quantitative estimate of drug-likeness (QED) is 0.463. The van der Waals surface area contributed by atoms with Crippen molar-refractivity contribution in [1.82, 2.24) is 0 Å². The van der Waals surface area contributed by atoms with Crippen molar-refractivity contribution < 1.29 is 24.0 Å². The van der Waals surface area contributed by atoms with Crippen LogP contribution in [0.15, 0.2) is 42.5 Å². The average molecular weight is 358 g/mol. The Balaban J connectivity index is 1.85. The van der Waals surface area contributed by atoms with E-state index in [1.807, 2.05) is 0 Å². The summed E-state index contributed by atoms with van der Waals surface area (Å²) in [5, 5.41) is 13.4. The van der Waals surface area contributed by atoms with E-state index in [1.54, 1.807) is 44.4 Å². The first-order chi connectivity index (χ1) is 12.4. The summed E-state index contributed by atoms with van der Waals surface area (Å²) in [5.74, 6) is -0.458. The summed E-state index contributed by atoms with van der Waals surface area (Å²) in [6.07, 6.45) is 0.0211. The van der Waals surface area contributed by atoms with Gasteiger partial charge in [0.1, 0.15) is 5.75 Å². The van der Waals surface area contributed by atoms with Crippen LogP contribution in [0.3, 0.4) is 0 Å². The number of esters is 1. The Morgan fingerprint density at radius 1 is 1.15 bits per heavy atom. The maximum absolute atomic E-state index is 11.8. The molecule has 0 spiro atoms. The summed E-state index contributed by atoms with van der Waals surface area (Å²) < 4.78 is 9.95. The number of amides is 1. The number of hydrogen-bond acceptors (Lipinski definition) is 6. The molecule has 2 aromatic carbocycles. The van der Waals surface area contributed by atoms with Crippen molar-refractivity contribution in [3.8, 4) is 5.75 Å². The molecule has 0 aliphatic carbocycles. The Labute approximate surface area is 149 Å². The molecule has 136 valence electrons. The number of rotatable bonds is 7. The van der Waals surface area contributed by atoms with E-state index in [0.29, 0.717) is 11.3 Å². The lowest BCUT2D eigenvalue weighted by atomic mass is 10.1. The van der Waals surface area contributed by atoms with Gasteiger partial charge in [-0.3, -0.25) is 19.7 Å². The van der Waals surface area contributed by atoms with Crippen LogP contribution in [-0.2, 0) is 20.7 Å². The molecule has 0 unspecified atom stereocenters. The summed E-state index contributed by atoms with van der Waals surface area (Å²) in [6, 6.07) is 11.2. The van der Waals surface area contributed by atoms with Crippen molar-refractivity contribution in [2.75, 3.05) is 19.0 Å². The van der Waals surface area contributed by atoms with Crippen molar-refractivity contribution in [1.29, 1.82) is 0 Å². The number of nitrogens with one attached hydrogen (secondary N) is 1. The second kappa shape index (κ2) is 8.61. The first-order valence-corrected chi connectivity index (χ1v) is 7.72. The van der Waals surface area contributed by atoms with Gasteiger partial charge in [0.15, 0.2) is 6.61 Å². The minimum absolute atomic E-state index is 0.0211. The Bertz CT molecular complexity index is 817. The van der Waals surface area contributed by atoms with E-state index in [4.69, 9.17) is 9.47 Å². The largest absolute Gasteiger partial charge is 0.497 e. The van der Waals surface area contributed by atoms with Crippen LogP contribution in [0.1, 0.15) is 11.1 Å². The number of nitro groups is 1. The van der Waals surface area contributed by atoms with Gasteiger partial charge < -0.3 is 14.8 Å². The third-order valence-corrected chi connectivity index (χ3v) is 3.56. The minimum Gasteiger partial charge on any atom is -0.497 e. The highest BCUT2D eigenvalue weighted by atomic mass is 16.6. The molecule has 8 nitrogen and oxygen atoms in total. The summed E-state index contributed by atoms with van der Waals surface area (Å²) in [5.41, 5.74) is 1.38. The van der Waals surface area contributed by atoms with E-state index in [1.165, 1.54) is 12.1 Å². The summed E-state index contributed by atoms with van der Waals surface area (Å²) in [4.78, 5) is 34.0. The number of ether oxygens (including phenoxy) is 2. The van der Waals surface area contributed by atoms with Gasteiger partial charge in [-0.15, -0.1) is 0 Å². The second-order valence-electron chi connectivity index (χ2n) is 5.49. The molecule has 2 rings (SSSR count). The number of nitro benzene ring substituents is 1. The molecule has 26 heavy (non-hydrogen) atoms. The highest BCUT2D eigenvalue weighted by Gasteiger charge is 2.13. The van der Waals surface area contributed by atoms with Crippen LogP contribution in [0.5, 0.6) is 5.75 Å². The average Bonchev–Trinajstić information content (AvgIpc) is 2.62. The molecule has 1 amide bonds. The van der Waals surface area contributed by atoms with Gasteiger partial charge in [0.2, 0.25) is 0 Å². The third-order valence-electron chi connectivity index (χ3n) is 3.56. The van der Waals surface area contributed by atoms with Crippen LogP contribution < -0.4 is 10.1 Å². The highest BCUT2D eigenvalue weighted by molar-refractivity contribution is 5.93. The zero-order valence-corrected chi connectivity index (χ0v) is 14.4. The fourth-order valence-electron chi connectivity index (χ4n) is 2.19. The molecule has 2 aromatic rings. The molecule has 0 atom stereocenters. The lowest BCUT2D eigenvalue weighted by molar-refractivity contribution is -0.385. The van der Waals surface area contributed by atoms with Crippen molar-refractivity contribution >= 4 is 23.3 Å². The summed E-state index contributed by atoms with van der Waals surface area (Å²) >= 11 is 0. The van der Waals surface area contributed by atoms with Gasteiger partial charge in [-0.25, -0.2) is 0 Å². The SMILES string of the molecule is COc1ccc(CC(=O)OCC(=O)Nc2ccc(C)c([N+](=O)[O-])c2)cc1. The molecule has 0 aliphatic rings. The first-order valence-electron chi connectivity index (χ1n) is 7.72. The van der Waals surface area contributed by atoms with E-state index < -0.39 is 23.4 Å². The number of methoxy groups -OCH3 is 1. The number of anilines is 1. The van der Waals surface area contributed by atoms with Crippen LogP contribution in [0.25, 0.3) is 0 Å². The van der Waals surface area contributed by atoms with Gasteiger partial charge in [-0.1, -0.05) is 18.2 Å². The zero-order valence-electron chi connectivity index (χ0n) is 14.4. The van der Waals surface area contributed by atoms with Gasteiger partial charge in [-0.2, -0.15) is 0 Å². The Morgan fingerprint density at radius 3 is 2.46 bits per heavy atom. The lowest BCUT2D eigenvalue weighted by Crippen LogP contribution is -2.21. The molecule has 0 aliphatic heterocycles. The predicted octanol–water partition coefficient (Wildman–Crippen LogP) is 2.64. The van der Waals surface area contributed by atoms with E-state index in [-0.39, 0.29) is 17.8 Å². The van der Waals surface area contributed by atoms with Gasteiger partial charge in [0, 0.05) is 17.3 Å². The molecule has 0 aromatic heterocycles. The zero-order chi connectivity index (χ0) is 19.1. The van der Waals surface area contributed by atoms with Gasteiger partial charge in [0.25, 0.3) is 11.6 Å². The number of hydrogen-bond donors (Lipinski definition) is 1. The van der Waals surface area contributed by atoms with Crippen LogP contribution in [0.2, 0.25) is 0 Å². The second-order valence-corrected chi connectivity index (χ2v) is 5.49. The molecule has 0 radical (unpaired) electrons. The van der Waals surface area contributed by atoms with Crippen molar-refractivity contribution in [3.63, 3.8) is 0 Å². The van der Waals surface area contributed by atoms with Gasteiger partial charge >= 0.3 is 5.97 Å². The fourth-order valence-corrected chi connectivity index (χ4v) is 2.19. The molecule has 0 saturated carbocycles. The highest BCUT2D eigenvalue weighted by Crippen LogP contribution is 2.22. The van der Waals surface area contributed by atoms with Gasteiger partial charge in [-0.05, 0) is 30.7 Å². The van der Waals surface area contributed by atoms with Crippen molar-refractivity contribution in [3.05, 3.63) is 63.7 Å². The van der Waals surface area contributed by atoms with Crippen LogP contribution in [0.4, 0.5) is 11.4 Å². The molecular formula is C18H18N2O6. The number of carbonyl (C=O) groups is 2. The lowest BCUT2D eigenvalue weighted by Gasteiger charge is -2.08. The molecule has 0 bridgehead atoms. The normalized spacial score (nSPS) is 10.1. The molecule has 1 N–H and O–H groups in total. The number of nitrogens with zero attached hydrogens (tertiary/aromatic N) is 1. The van der Waals surface area contributed by atoms with Crippen molar-refractivity contribution in [2.45, 2.75) is 13.3 Å². The smallest absolute Gasteiger partial charge is 0.310 e. The van der Waals surface area contributed by atoms with Crippen LogP contribution in [-0.4, -0.2) is 30.5 Å². The van der Waals surface area contributed by atoms with E-state index in [0.717, 1.165) is 5.56 Å². The topological polar surface area (TPSA) is 108 Å². The van der Waals surface area contributed by atoms with Crippen LogP contribution >= 0.6 is 0 Å². The fraction of sp³-hybridized carbons (Fsp3) is 0.222. The van der Waals surface area contributed by atoms with Gasteiger partial charge in [0.05, 0.1) is 18.5 Å². The Kier molecular flexibility index (Phi) is 6.26. The van der Waals surface area contributed by atoms with Crippen molar-refractivity contribution in [2.24, 2.45) is 0 Å². The predicted molar refractivity (Wildman–Crippen MR) is 94.1 cm³/mol. The van der Waals surface area contributed by atoms with E-state index >= 15 is 0 Å². The summed E-state index contributed by atoms with van der Waals surface area (Å²) in [7, 11) is 1.55. The maximum Gasteiger partial charge on any atom is 0.310 e.